The lowest BCUT2D eigenvalue weighted by Gasteiger charge is -2.23. The first-order chi connectivity index (χ1) is 16.5. The van der Waals surface area contributed by atoms with Crippen molar-refractivity contribution in [2.24, 2.45) is 0 Å². The van der Waals surface area contributed by atoms with Crippen molar-refractivity contribution in [3.8, 4) is 11.5 Å². The smallest absolute Gasteiger partial charge is 0.329 e. The highest BCUT2D eigenvalue weighted by atomic mass is 16.5. The molecule has 0 radical (unpaired) electrons. The average molecular weight is 458 g/mol. The molecule has 1 aliphatic heterocycles. The standard InChI is InChI=1S/C28H31N3O3/c1-19-9-7-10-20(2)26(19)29-16-15-22(18-29)31-23-12-8-14-25(34-4)27(23)30(28(31)32)17-21-11-5-6-13-24(21)33-3/h5-14,22H,15-18H2,1-4H3/t22-/m1/s1. The summed E-state index contributed by atoms with van der Waals surface area (Å²) >= 11 is 0. The summed E-state index contributed by atoms with van der Waals surface area (Å²) in [7, 11) is 3.31. The summed E-state index contributed by atoms with van der Waals surface area (Å²) in [6.45, 7) is 6.46. The Kier molecular flexibility index (Phi) is 5.82. The van der Waals surface area contributed by atoms with Gasteiger partial charge in [-0.05, 0) is 49.6 Å². The molecule has 0 N–H and O–H groups in total. The van der Waals surface area contributed by atoms with Crippen LogP contribution in [0.15, 0.2) is 65.5 Å². The highest BCUT2D eigenvalue weighted by Crippen LogP contribution is 2.34. The Balaban J connectivity index is 1.60. The van der Waals surface area contributed by atoms with Gasteiger partial charge in [-0.25, -0.2) is 4.79 Å². The molecule has 0 amide bonds. The maximum Gasteiger partial charge on any atom is 0.329 e. The summed E-state index contributed by atoms with van der Waals surface area (Å²) < 4.78 is 15.1. The Morgan fingerprint density at radius 3 is 2.29 bits per heavy atom. The van der Waals surface area contributed by atoms with Crippen molar-refractivity contribution >= 4 is 16.7 Å². The molecule has 1 aliphatic rings. The molecule has 0 bridgehead atoms. The summed E-state index contributed by atoms with van der Waals surface area (Å²) in [5.74, 6) is 1.47. The Morgan fingerprint density at radius 1 is 0.882 bits per heavy atom. The number of aromatic nitrogens is 2. The molecule has 6 heteroatoms. The van der Waals surface area contributed by atoms with Crippen LogP contribution in [0.25, 0.3) is 11.0 Å². The molecule has 4 aromatic rings. The molecule has 1 atom stereocenters. The molecule has 1 fully saturated rings. The summed E-state index contributed by atoms with van der Waals surface area (Å²) in [6, 6.07) is 20.2. The van der Waals surface area contributed by atoms with E-state index in [1.807, 2.05) is 51.6 Å². The van der Waals surface area contributed by atoms with Gasteiger partial charge in [-0.2, -0.15) is 0 Å². The lowest BCUT2D eigenvalue weighted by molar-refractivity contribution is 0.407. The highest BCUT2D eigenvalue weighted by Gasteiger charge is 2.30. The van der Waals surface area contributed by atoms with Crippen LogP contribution in [-0.4, -0.2) is 36.4 Å². The van der Waals surface area contributed by atoms with Crippen molar-refractivity contribution in [2.75, 3.05) is 32.2 Å². The number of rotatable bonds is 6. The molecule has 1 saturated heterocycles. The van der Waals surface area contributed by atoms with Crippen molar-refractivity contribution in [2.45, 2.75) is 32.9 Å². The zero-order valence-corrected chi connectivity index (χ0v) is 20.2. The van der Waals surface area contributed by atoms with E-state index in [9.17, 15) is 4.79 Å². The molecule has 176 valence electrons. The number of ether oxygens (including phenoxy) is 2. The molecule has 0 spiro atoms. The number of benzene rings is 3. The van der Waals surface area contributed by atoms with E-state index >= 15 is 0 Å². The number of imidazole rings is 1. The van der Waals surface area contributed by atoms with Gasteiger partial charge in [0.25, 0.3) is 0 Å². The first-order valence-corrected chi connectivity index (χ1v) is 11.7. The van der Waals surface area contributed by atoms with E-state index in [1.165, 1.54) is 16.8 Å². The Labute approximate surface area is 200 Å². The van der Waals surface area contributed by atoms with Crippen LogP contribution in [0, 0.1) is 13.8 Å². The zero-order chi connectivity index (χ0) is 23.8. The van der Waals surface area contributed by atoms with Gasteiger partial charge >= 0.3 is 5.69 Å². The highest BCUT2D eigenvalue weighted by molar-refractivity contribution is 5.83. The van der Waals surface area contributed by atoms with Gasteiger partial charge in [0.2, 0.25) is 0 Å². The average Bonchev–Trinajstić information content (AvgIpc) is 3.42. The van der Waals surface area contributed by atoms with Crippen LogP contribution in [0.3, 0.4) is 0 Å². The summed E-state index contributed by atoms with van der Waals surface area (Å²) in [5, 5.41) is 0. The fourth-order valence-electron chi connectivity index (χ4n) is 5.43. The van der Waals surface area contributed by atoms with Gasteiger partial charge in [-0.3, -0.25) is 9.13 Å². The number of anilines is 1. The fraction of sp³-hybridized carbons (Fsp3) is 0.321. The van der Waals surface area contributed by atoms with Gasteiger partial charge < -0.3 is 14.4 Å². The second-order valence-electron chi connectivity index (χ2n) is 9.01. The maximum atomic E-state index is 13.9. The van der Waals surface area contributed by atoms with Crippen LogP contribution in [-0.2, 0) is 6.54 Å². The van der Waals surface area contributed by atoms with Crippen molar-refractivity contribution < 1.29 is 9.47 Å². The van der Waals surface area contributed by atoms with Crippen LogP contribution in [0.5, 0.6) is 11.5 Å². The van der Waals surface area contributed by atoms with Gasteiger partial charge in [0.15, 0.2) is 0 Å². The summed E-state index contributed by atoms with van der Waals surface area (Å²) in [4.78, 5) is 16.4. The van der Waals surface area contributed by atoms with Gasteiger partial charge in [0.05, 0.1) is 32.3 Å². The second kappa shape index (κ2) is 8.93. The first-order valence-electron chi connectivity index (χ1n) is 11.7. The Morgan fingerprint density at radius 2 is 1.56 bits per heavy atom. The molecule has 0 saturated carbocycles. The number of hydrogen-bond acceptors (Lipinski definition) is 4. The maximum absolute atomic E-state index is 13.9. The summed E-state index contributed by atoms with van der Waals surface area (Å²) in [5.41, 5.74) is 6.51. The molecule has 0 unspecified atom stereocenters. The molecule has 2 heterocycles. The van der Waals surface area contributed by atoms with Crippen LogP contribution in [0.1, 0.15) is 29.2 Å². The number of fused-ring (bicyclic) bond motifs is 1. The molecular formula is C28H31N3O3. The number of methoxy groups -OCH3 is 2. The third-order valence-electron chi connectivity index (χ3n) is 6.97. The first kappa shape index (κ1) is 22.1. The van der Waals surface area contributed by atoms with Crippen LogP contribution < -0.4 is 20.1 Å². The third-order valence-corrected chi connectivity index (χ3v) is 6.97. The van der Waals surface area contributed by atoms with E-state index in [0.29, 0.717) is 12.3 Å². The SMILES string of the molecule is COc1ccccc1Cn1c(=O)n([C@@H]2CCN(c3c(C)cccc3C)C2)c2cccc(OC)c21. The van der Waals surface area contributed by atoms with Crippen LogP contribution in [0.4, 0.5) is 5.69 Å². The van der Waals surface area contributed by atoms with E-state index in [1.54, 1.807) is 14.2 Å². The largest absolute Gasteiger partial charge is 0.496 e. The van der Waals surface area contributed by atoms with Crippen molar-refractivity contribution in [3.63, 3.8) is 0 Å². The van der Waals surface area contributed by atoms with E-state index in [-0.39, 0.29) is 11.7 Å². The normalized spacial score (nSPS) is 15.8. The Hall–Kier alpha value is -3.67. The summed E-state index contributed by atoms with van der Waals surface area (Å²) in [6.07, 6.45) is 0.915. The molecule has 6 nitrogen and oxygen atoms in total. The van der Waals surface area contributed by atoms with Gasteiger partial charge in [-0.15, -0.1) is 0 Å². The van der Waals surface area contributed by atoms with Gasteiger partial charge in [-0.1, -0.05) is 42.5 Å². The second-order valence-corrected chi connectivity index (χ2v) is 9.01. The lowest BCUT2D eigenvalue weighted by atomic mass is 10.1. The molecule has 5 rings (SSSR count). The number of para-hydroxylation sites is 3. The van der Waals surface area contributed by atoms with E-state index in [0.717, 1.165) is 41.9 Å². The van der Waals surface area contributed by atoms with Crippen molar-refractivity contribution in [3.05, 3.63) is 87.8 Å². The molecular weight excluding hydrogens is 426 g/mol. The minimum atomic E-state index is -0.0150. The van der Waals surface area contributed by atoms with E-state index in [4.69, 9.17) is 9.47 Å². The Bertz CT molecular complexity index is 1380. The fourth-order valence-corrected chi connectivity index (χ4v) is 5.43. The van der Waals surface area contributed by atoms with Gasteiger partial charge in [0.1, 0.15) is 17.0 Å². The minimum absolute atomic E-state index is 0.0150. The van der Waals surface area contributed by atoms with Crippen molar-refractivity contribution in [1.29, 1.82) is 0 Å². The lowest BCUT2D eigenvalue weighted by Crippen LogP contribution is -2.30. The quantitative estimate of drug-likeness (QED) is 0.412. The van der Waals surface area contributed by atoms with Gasteiger partial charge in [0, 0.05) is 24.3 Å². The van der Waals surface area contributed by atoms with Crippen LogP contribution in [0.2, 0.25) is 0 Å². The monoisotopic (exact) mass is 457 g/mol. The minimum Gasteiger partial charge on any atom is -0.496 e. The van der Waals surface area contributed by atoms with E-state index < -0.39 is 0 Å². The van der Waals surface area contributed by atoms with Crippen LogP contribution >= 0.6 is 0 Å². The zero-order valence-electron chi connectivity index (χ0n) is 20.2. The van der Waals surface area contributed by atoms with Crippen molar-refractivity contribution in [1.82, 2.24) is 9.13 Å². The van der Waals surface area contributed by atoms with E-state index in [2.05, 4.69) is 36.9 Å². The molecule has 34 heavy (non-hydrogen) atoms. The number of hydrogen-bond donors (Lipinski definition) is 0. The molecule has 1 aromatic heterocycles. The molecule has 3 aromatic carbocycles. The topological polar surface area (TPSA) is 48.6 Å². The predicted molar refractivity (Wildman–Crippen MR) is 137 cm³/mol. The predicted octanol–water partition coefficient (Wildman–Crippen LogP) is 4.94. The number of aryl methyl sites for hydroxylation is 2. The number of nitrogens with zero attached hydrogens (tertiary/aromatic N) is 3. The molecule has 0 aliphatic carbocycles. The third kappa shape index (κ3) is 3.63.